The molecule has 2 nitrogen and oxygen atoms in total. The zero-order chi connectivity index (χ0) is 15.2. The minimum Gasteiger partial charge on any atom is -0.387 e. The van der Waals surface area contributed by atoms with Crippen LogP contribution < -0.4 is 5.32 Å². The molecule has 2 atom stereocenters. The minimum atomic E-state index is -0.914. The van der Waals surface area contributed by atoms with Gasteiger partial charge in [0.1, 0.15) is 0 Å². The Hall–Kier alpha value is -1.00. The molecule has 0 aromatic heterocycles. The summed E-state index contributed by atoms with van der Waals surface area (Å²) in [5.41, 5.74) is 0.412. The summed E-state index contributed by atoms with van der Waals surface area (Å²) in [4.78, 5) is 0. The van der Waals surface area contributed by atoms with Crippen LogP contribution in [0.25, 0.3) is 0 Å². The summed E-state index contributed by atoms with van der Waals surface area (Å²) in [5.74, 6) is -1.15. The highest BCUT2D eigenvalue weighted by atomic mass is 19.2. The molecular weight excluding hydrogens is 272 g/mol. The van der Waals surface area contributed by atoms with Crippen LogP contribution in [0, 0.1) is 17.6 Å². The van der Waals surface area contributed by atoms with E-state index in [1.165, 1.54) is 44.6 Å². The molecule has 0 saturated heterocycles. The number of rotatable bonds is 5. The van der Waals surface area contributed by atoms with Crippen molar-refractivity contribution < 1.29 is 13.9 Å². The molecule has 1 aromatic rings. The average Bonchev–Trinajstić information content (AvgIpc) is 2.76. The molecule has 4 heteroatoms. The van der Waals surface area contributed by atoms with E-state index < -0.39 is 17.7 Å². The summed E-state index contributed by atoms with van der Waals surface area (Å²) >= 11 is 0. The van der Waals surface area contributed by atoms with Crippen molar-refractivity contribution in [2.45, 2.75) is 57.6 Å². The van der Waals surface area contributed by atoms with Gasteiger partial charge in [0.15, 0.2) is 11.6 Å². The molecule has 0 heterocycles. The number of halogens is 2. The summed E-state index contributed by atoms with van der Waals surface area (Å²) < 4.78 is 26.1. The average molecular weight is 297 g/mol. The zero-order valence-corrected chi connectivity index (χ0v) is 12.6. The van der Waals surface area contributed by atoms with E-state index in [9.17, 15) is 13.9 Å². The van der Waals surface area contributed by atoms with Crippen molar-refractivity contribution in [3.63, 3.8) is 0 Å². The quantitative estimate of drug-likeness (QED) is 0.807. The summed E-state index contributed by atoms with van der Waals surface area (Å²) in [6.07, 6.45) is 6.85. The molecule has 0 radical (unpaired) electrons. The van der Waals surface area contributed by atoms with E-state index in [4.69, 9.17) is 0 Å². The van der Waals surface area contributed by atoms with Gasteiger partial charge in [-0.3, -0.25) is 0 Å². The number of benzene rings is 1. The van der Waals surface area contributed by atoms with Crippen LogP contribution in [0.1, 0.15) is 57.1 Å². The van der Waals surface area contributed by atoms with Crippen LogP contribution in [-0.2, 0) is 0 Å². The second-order valence-electron chi connectivity index (χ2n) is 6.14. The van der Waals surface area contributed by atoms with Crippen molar-refractivity contribution in [2.75, 3.05) is 6.54 Å². The number of aliphatic hydroxyl groups excluding tert-OH is 1. The fraction of sp³-hybridized carbons (Fsp3) is 0.647. The van der Waals surface area contributed by atoms with Gasteiger partial charge in [-0.1, -0.05) is 31.7 Å². The lowest BCUT2D eigenvalue weighted by Crippen LogP contribution is -2.36. The highest BCUT2D eigenvalue weighted by molar-refractivity contribution is 5.20. The first kappa shape index (κ1) is 16.4. The Balaban J connectivity index is 1.84. The lowest BCUT2D eigenvalue weighted by atomic mass is 9.93. The van der Waals surface area contributed by atoms with Crippen molar-refractivity contribution in [2.24, 2.45) is 5.92 Å². The Kier molecular flexibility index (Phi) is 6.12. The normalized spacial score (nSPS) is 20.0. The molecule has 1 aromatic carbocycles. The second-order valence-corrected chi connectivity index (χ2v) is 6.14. The fourth-order valence-electron chi connectivity index (χ4n) is 3.11. The van der Waals surface area contributed by atoms with Gasteiger partial charge in [0, 0.05) is 12.6 Å². The van der Waals surface area contributed by atoms with Gasteiger partial charge in [0.05, 0.1) is 6.10 Å². The summed E-state index contributed by atoms with van der Waals surface area (Å²) in [5, 5.41) is 13.4. The van der Waals surface area contributed by atoms with Crippen molar-refractivity contribution in [3.05, 3.63) is 35.4 Å². The Morgan fingerprint density at radius 1 is 1.14 bits per heavy atom. The van der Waals surface area contributed by atoms with Gasteiger partial charge in [-0.05, 0) is 43.4 Å². The number of hydrogen-bond acceptors (Lipinski definition) is 2. The van der Waals surface area contributed by atoms with Crippen LogP contribution >= 0.6 is 0 Å². The molecule has 2 rings (SSSR count). The first-order valence-electron chi connectivity index (χ1n) is 7.94. The van der Waals surface area contributed by atoms with Crippen LogP contribution in [0.5, 0.6) is 0 Å². The highest BCUT2D eigenvalue weighted by Gasteiger charge is 2.20. The Labute approximate surface area is 125 Å². The number of aliphatic hydroxyl groups is 1. The molecule has 0 spiro atoms. The van der Waals surface area contributed by atoms with Crippen LogP contribution in [0.15, 0.2) is 18.2 Å². The van der Waals surface area contributed by atoms with E-state index in [1.54, 1.807) is 0 Å². The third-order valence-corrected chi connectivity index (χ3v) is 4.57. The maximum atomic E-state index is 13.2. The summed E-state index contributed by atoms with van der Waals surface area (Å²) in [6.45, 7) is 2.51. The number of nitrogens with one attached hydrogen (secondary N) is 1. The molecule has 0 bridgehead atoms. The standard InChI is InChI=1S/C17H25F2NO/c1-12(13-6-4-2-3-5-7-13)20-11-17(21)14-8-9-15(18)16(19)10-14/h8-10,12-13,17,20-21H,2-7,11H2,1H3/t12-,17?/m0/s1. The van der Waals surface area contributed by atoms with Gasteiger partial charge in [0.2, 0.25) is 0 Å². The van der Waals surface area contributed by atoms with Gasteiger partial charge in [-0.25, -0.2) is 8.78 Å². The van der Waals surface area contributed by atoms with Crippen molar-refractivity contribution in [1.29, 1.82) is 0 Å². The van der Waals surface area contributed by atoms with E-state index >= 15 is 0 Å². The topological polar surface area (TPSA) is 32.3 Å². The molecule has 21 heavy (non-hydrogen) atoms. The van der Waals surface area contributed by atoms with Gasteiger partial charge in [-0.15, -0.1) is 0 Å². The number of hydrogen-bond donors (Lipinski definition) is 2. The van der Waals surface area contributed by atoms with Crippen molar-refractivity contribution >= 4 is 0 Å². The predicted octanol–water partition coefficient (Wildman–Crippen LogP) is 3.95. The first-order chi connectivity index (χ1) is 10.1. The third-order valence-electron chi connectivity index (χ3n) is 4.57. The molecule has 1 aliphatic rings. The first-order valence-corrected chi connectivity index (χ1v) is 7.94. The summed E-state index contributed by atoms with van der Waals surface area (Å²) in [6, 6.07) is 3.89. The van der Waals surface area contributed by atoms with Gasteiger partial charge < -0.3 is 10.4 Å². The Morgan fingerprint density at radius 2 is 1.81 bits per heavy atom. The second kappa shape index (κ2) is 7.85. The minimum absolute atomic E-state index is 0.336. The Morgan fingerprint density at radius 3 is 2.43 bits per heavy atom. The smallest absolute Gasteiger partial charge is 0.159 e. The van der Waals surface area contributed by atoms with E-state index in [2.05, 4.69) is 12.2 Å². The molecule has 1 fully saturated rings. The molecule has 2 N–H and O–H groups in total. The summed E-state index contributed by atoms with van der Waals surface area (Å²) in [7, 11) is 0. The van der Waals surface area contributed by atoms with E-state index in [0.717, 1.165) is 12.1 Å². The van der Waals surface area contributed by atoms with Gasteiger partial charge >= 0.3 is 0 Å². The molecular formula is C17H25F2NO. The van der Waals surface area contributed by atoms with E-state index in [0.29, 0.717) is 24.1 Å². The lowest BCUT2D eigenvalue weighted by Gasteiger charge is -2.25. The van der Waals surface area contributed by atoms with Crippen LogP contribution in [-0.4, -0.2) is 17.7 Å². The van der Waals surface area contributed by atoms with Gasteiger partial charge in [0.25, 0.3) is 0 Å². The Bertz CT molecular complexity index is 444. The van der Waals surface area contributed by atoms with Crippen molar-refractivity contribution in [1.82, 2.24) is 5.32 Å². The SMILES string of the molecule is C[C@H](NCC(O)c1ccc(F)c(F)c1)C1CCCCCC1. The molecule has 1 aliphatic carbocycles. The van der Waals surface area contributed by atoms with Crippen LogP contribution in [0.2, 0.25) is 0 Å². The fourth-order valence-corrected chi connectivity index (χ4v) is 3.11. The molecule has 0 aliphatic heterocycles. The maximum Gasteiger partial charge on any atom is 0.159 e. The van der Waals surface area contributed by atoms with Gasteiger partial charge in [-0.2, -0.15) is 0 Å². The van der Waals surface area contributed by atoms with Crippen LogP contribution in [0.4, 0.5) is 8.78 Å². The monoisotopic (exact) mass is 297 g/mol. The maximum absolute atomic E-state index is 13.2. The largest absolute Gasteiger partial charge is 0.387 e. The molecule has 0 amide bonds. The molecule has 118 valence electrons. The predicted molar refractivity (Wildman–Crippen MR) is 80.0 cm³/mol. The van der Waals surface area contributed by atoms with Crippen molar-refractivity contribution in [3.8, 4) is 0 Å². The lowest BCUT2D eigenvalue weighted by molar-refractivity contribution is 0.163. The highest BCUT2D eigenvalue weighted by Crippen LogP contribution is 2.25. The van der Waals surface area contributed by atoms with E-state index in [1.807, 2.05) is 0 Å². The third kappa shape index (κ3) is 4.75. The molecule has 1 saturated carbocycles. The van der Waals surface area contributed by atoms with Crippen LogP contribution in [0.3, 0.4) is 0 Å². The van der Waals surface area contributed by atoms with E-state index in [-0.39, 0.29) is 0 Å². The molecule has 1 unspecified atom stereocenters. The zero-order valence-electron chi connectivity index (χ0n) is 12.6.